The normalized spacial score (nSPS) is 37.1. The molecule has 4 unspecified atom stereocenters. The van der Waals surface area contributed by atoms with Gasteiger partial charge in [-0.3, -0.25) is 9.69 Å². The van der Waals surface area contributed by atoms with Crippen LogP contribution in [0.4, 0.5) is 0 Å². The van der Waals surface area contributed by atoms with Crippen LogP contribution >= 0.6 is 0 Å². The van der Waals surface area contributed by atoms with Gasteiger partial charge in [-0.25, -0.2) is 0 Å². The molecule has 4 atom stereocenters. The SMILES string of the molecule is COC1CCCCC1N(C)C1COCC1C(=O)O. The molecule has 0 amide bonds. The molecule has 0 bridgehead atoms. The fourth-order valence-electron chi connectivity index (χ4n) is 3.24. The van der Waals surface area contributed by atoms with Gasteiger partial charge < -0.3 is 14.6 Å². The Morgan fingerprint density at radius 3 is 2.67 bits per heavy atom. The summed E-state index contributed by atoms with van der Waals surface area (Å²) in [4.78, 5) is 13.4. The van der Waals surface area contributed by atoms with Gasteiger partial charge in [0.2, 0.25) is 0 Å². The standard InChI is InChI=1S/C13H23NO4/c1-14(10-5-3-4-6-12(10)17-2)11-8-18-7-9(11)13(15)16/h9-12H,3-8H2,1-2H3,(H,15,16). The first-order valence-corrected chi connectivity index (χ1v) is 6.70. The highest BCUT2D eigenvalue weighted by Crippen LogP contribution is 2.29. The monoisotopic (exact) mass is 257 g/mol. The third-order valence-electron chi connectivity index (χ3n) is 4.38. The lowest BCUT2D eigenvalue weighted by Crippen LogP contribution is -2.52. The zero-order valence-electron chi connectivity index (χ0n) is 11.2. The van der Waals surface area contributed by atoms with Crippen LogP contribution in [0, 0.1) is 5.92 Å². The molecule has 5 nitrogen and oxygen atoms in total. The van der Waals surface area contributed by atoms with Crippen molar-refractivity contribution in [2.75, 3.05) is 27.4 Å². The van der Waals surface area contributed by atoms with Gasteiger partial charge in [-0.1, -0.05) is 12.8 Å². The topological polar surface area (TPSA) is 59.0 Å². The average molecular weight is 257 g/mol. The molecule has 1 saturated heterocycles. The number of nitrogens with zero attached hydrogens (tertiary/aromatic N) is 1. The lowest BCUT2D eigenvalue weighted by Gasteiger charge is -2.40. The Bertz CT molecular complexity index is 297. The van der Waals surface area contributed by atoms with Gasteiger partial charge >= 0.3 is 5.97 Å². The summed E-state index contributed by atoms with van der Waals surface area (Å²) in [5.41, 5.74) is 0. The summed E-state index contributed by atoms with van der Waals surface area (Å²) in [6.07, 6.45) is 4.76. The van der Waals surface area contributed by atoms with Crippen LogP contribution in [0.15, 0.2) is 0 Å². The van der Waals surface area contributed by atoms with Crippen molar-refractivity contribution in [3.05, 3.63) is 0 Å². The minimum atomic E-state index is -0.755. The maximum absolute atomic E-state index is 11.2. The third-order valence-corrected chi connectivity index (χ3v) is 4.38. The molecule has 0 aromatic carbocycles. The molecule has 1 aliphatic carbocycles. The molecule has 1 saturated carbocycles. The van der Waals surface area contributed by atoms with E-state index in [2.05, 4.69) is 4.90 Å². The van der Waals surface area contributed by atoms with E-state index in [4.69, 9.17) is 9.47 Å². The molecule has 0 spiro atoms. The Morgan fingerprint density at radius 1 is 1.28 bits per heavy atom. The molecule has 0 aromatic heterocycles. The number of hydrogen-bond donors (Lipinski definition) is 1. The first-order valence-electron chi connectivity index (χ1n) is 6.70. The second kappa shape index (κ2) is 5.99. The number of methoxy groups -OCH3 is 1. The van der Waals surface area contributed by atoms with Crippen LogP contribution in [-0.4, -0.2) is 61.5 Å². The smallest absolute Gasteiger partial charge is 0.310 e. The molecule has 2 aliphatic rings. The van der Waals surface area contributed by atoms with Gasteiger partial charge in [0.05, 0.1) is 25.2 Å². The molecule has 2 fully saturated rings. The van der Waals surface area contributed by atoms with E-state index in [0.29, 0.717) is 19.3 Å². The highest BCUT2D eigenvalue weighted by atomic mass is 16.5. The van der Waals surface area contributed by atoms with Gasteiger partial charge in [0.1, 0.15) is 0 Å². The van der Waals surface area contributed by atoms with Crippen LogP contribution in [0.1, 0.15) is 25.7 Å². The molecule has 1 N–H and O–H groups in total. The minimum absolute atomic E-state index is 0.0248. The number of carboxylic acids is 1. The number of aliphatic carboxylic acids is 1. The number of carboxylic acid groups (broad SMARTS) is 1. The van der Waals surface area contributed by atoms with Crippen molar-refractivity contribution in [1.82, 2.24) is 4.90 Å². The summed E-state index contributed by atoms with van der Waals surface area (Å²) in [6, 6.07) is 0.292. The van der Waals surface area contributed by atoms with Crippen LogP contribution in [-0.2, 0) is 14.3 Å². The van der Waals surface area contributed by atoms with Crippen molar-refractivity contribution in [1.29, 1.82) is 0 Å². The second-order valence-electron chi connectivity index (χ2n) is 5.34. The van der Waals surface area contributed by atoms with E-state index in [-0.39, 0.29) is 12.1 Å². The van der Waals surface area contributed by atoms with Gasteiger partial charge in [0.15, 0.2) is 0 Å². The zero-order valence-corrected chi connectivity index (χ0v) is 11.2. The maximum Gasteiger partial charge on any atom is 0.310 e. The Balaban J connectivity index is 2.04. The molecule has 1 heterocycles. The zero-order chi connectivity index (χ0) is 13.1. The predicted octanol–water partition coefficient (Wildman–Crippen LogP) is 0.975. The lowest BCUT2D eigenvalue weighted by molar-refractivity contribution is -0.143. The van der Waals surface area contributed by atoms with Crippen molar-refractivity contribution in [2.45, 2.75) is 43.9 Å². The summed E-state index contributed by atoms with van der Waals surface area (Å²) < 4.78 is 10.9. The van der Waals surface area contributed by atoms with Gasteiger partial charge in [-0.15, -0.1) is 0 Å². The Kier molecular flexibility index (Phi) is 4.59. The summed E-state index contributed by atoms with van der Waals surface area (Å²) in [6.45, 7) is 0.842. The molecule has 1 aliphatic heterocycles. The Hall–Kier alpha value is -0.650. The summed E-state index contributed by atoms with van der Waals surface area (Å²) in [5.74, 6) is -1.16. The van der Waals surface area contributed by atoms with Crippen LogP contribution in [0.25, 0.3) is 0 Å². The average Bonchev–Trinajstić information content (AvgIpc) is 2.87. The molecule has 2 rings (SSSR count). The number of rotatable bonds is 4. The summed E-state index contributed by atoms with van der Waals surface area (Å²) in [7, 11) is 3.76. The van der Waals surface area contributed by atoms with Crippen molar-refractivity contribution >= 4 is 5.97 Å². The first kappa shape index (κ1) is 13.8. The number of ether oxygens (including phenoxy) is 2. The minimum Gasteiger partial charge on any atom is -0.481 e. The molecular formula is C13H23NO4. The molecule has 5 heteroatoms. The summed E-state index contributed by atoms with van der Waals surface area (Å²) in [5, 5.41) is 9.22. The van der Waals surface area contributed by atoms with E-state index < -0.39 is 11.9 Å². The molecule has 104 valence electrons. The van der Waals surface area contributed by atoms with Crippen LogP contribution in [0.3, 0.4) is 0 Å². The highest BCUT2D eigenvalue weighted by Gasteiger charge is 2.41. The fourth-order valence-corrected chi connectivity index (χ4v) is 3.24. The van der Waals surface area contributed by atoms with E-state index in [1.807, 2.05) is 7.05 Å². The Morgan fingerprint density at radius 2 is 2.00 bits per heavy atom. The first-order chi connectivity index (χ1) is 8.65. The van der Waals surface area contributed by atoms with Crippen molar-refractivity contribution in [3.8, 4) is 0 Å². The van der Waals surface area contributed by atoms with Crippen LogP contribution in [0.5, 0.6) is 0 Å². The number of likely N-dealkylation sites (N-methyl/N-ethyl adjacent to an activating group) is 1. The summed E-state index contributed by atoms with van der Waals surface area (Å²) >= 11 is 0. The quantitative estimate of drug-likeness (QED) is 0.813. The maximum atomic E-state index is 11.2. The van der Waals surface area contributed by atoms with Gasteiger partial charge in [0.25, 0.3) is 0 Å². The van der Waals surface area contributed by atoms with Gasteiger partial charge in [-0.2, -0.15) is 0 Å². The van der Waals surface area contributed by atoms with E-state index in [9.17, 15) is 9.90 Å². The number of carbonyl (C=O) groups is 1. The van der Waals surface area contributed by atoms with Crippen LogP contribution in [0.2, 0.25) is 0 Å². The molecule has 0 aromatic rings. The Labute approximate surface area is 108 Å². The fraction of sp³-hybridized carbons (Fsp3) is 0.923. The molecule has 18 heavy (non-hydrogen) atoms. The largest absolute Gasteiger partial charge is 0.481 e. The number of hydrogen-bond acceptors (Lipinski definition) is 4. The van der Waals surface area contributed by atoms with Crippen molar-refractivity contribution in [2.24, 2.45) is 5.92 Å². The van der Waals surface area contributed by atoms with E-state index in [1.165, 1.54) is 12.8 Å². The van der Waals surface area contributed by atoms with Crippen molar-refractivity contribution < 1.29 is 19.4 Å². The third kappa shape index (κ3) is 2.68. The molecule has 0 radical (unpaired) electrons. The highest BCUT2D eigenvalue weighted by molar-refractivity contribution is 5.71. The lowest BCUT2D eigenvalue weighted by atomic mass is 9.89. The van der Waals surface area contributed by atoms with Gasteiger partial charge in [0, 0.05) is 19.2 Å². The predicted molar refractivity (Wildman–Crippen MR) is 66.5 cm³/mol. The van der Waals surface area contributed by atoms with E-state index in [1.54, 1.807) is 7.11 Å². The van der Waals surface area contributed by atoms with E-state index in [0.717, 1.165) is 12.8 Å². The second-order valence-corrected chi connectivity index (χ2v) is 5.34. The molecular weight excluding hydrogens is 234 g/mol. The van der Waals surface area contributed by atoms with Gasteiger partial charge in [-0.05, 0) is 19.9 Å². The van der Waals surface area contributed by atoms with E-state index >= 15 is 0 Å². The van der Waals surface area contributed by atoms with Crippen molar-refractivity contribution in [3.63, 3.8) is 0 Å². The van der Waals surface area contributed by atoms with Crippen LogP contribution < -0.4 is 0 Å².